The summed E-state index contributed by atoms with van der Waals surface area (Å²) in [4.78, 5) is 21.9. The number of rotatable bonds is 6. The monoisotopic (exact) mass is 440 g/mol. The van der Waals surface area contributed by atoms with E-state index in [2.05, 4.69) is 45.3 Å². The number of aromatic nitrogens is 1. The SMILES string of the molecule is CN1CCN(c2ccccc2CNC(=O)Cc2csc(-c3ccccc3Cl)n2)CC1. The summed E-state index contributed by atoms with van der Waals surface area (Å²) in [5.41, 5.74) is 4.02. The van der Waals surface area contributed by atoms with Crippen molar-refractivity contribution in [3.8, 4) is 10.6 Å². The number of carbonyl (C=O) groups excluding carboxylic acids is 1. The summed E-state index contributed by atoms with van der Waals surface area (Å²) in [6.07, 6.45) is 0.262. The highest BCUT2D eigenvalue weighted by Crippen LogP contribution is 2.30. The Kier molecular flexibility index (Phi) is 6.67. The molecule has 0 atom stereocenters. The zero-order chi connectivity index (χ0) is 20.9. The minimum atomic E-state index is -0.0285. The van der Waals surface area contributed by atoms with E-state index in [0.717, 1.165) is 48.0 Å². The smallest absolute Gasteiger partial charge is 0.226 e. The Morgan fingerprint density at radius 2 is 1.83 bits per heavy atom. The second-order valence-corrected chi connectivity index (χ2v) is 8.76. The van der Waals surface area contributed by atoms with Crippen LogP contribution in [0.2, 0.25) is 5.02 Å². The molecule has 0 unspecified atom stereocenters. The molecule has 7 heteroatoms. The van der Waals surface area contributed by atoms with Crippen LogP contribution in [0, 0.1) is 0 Å². The highest BCUT2D eigenvalue weighted by Gasteiger charge is 2.17. The van der Waals surface area contributed by atoms with E-state index >= 15 is 0 Å². The summed E-state index contributed by atoms with van der Waals surface area (Å²) in [6.45, 7) is 4.63. The van der Waals surface area contributed by atoms with Gasteiger partial charge in [-0.05, 0) is 24.7 Å². The van der Waals surface area contributed by atoms with E-state index < -0.39 is 0 Å². The van der Waals surface area contributed by atoms with Crippen LogP contribution in [-0.2, 0) is 17.8 Å². The summed E-state index contributed by atoms with van der Waals surface area (Å²) < 4.78 is 0. The van der Waals surface area contributed by atoms with Crippen LogP contribution in [-0.4, -0.2) is 49.0 Å². The van der Waals surface area contributed by atoms with Crippen LogP contribution in [0.15, 0.2) is 53.9 Å². The number of hydrogen-bond acceptors (Lipinski definition) is 5. The Morgan fingerprint density at radius 3 is 2.63 bits per heavy atom. The molecule has 0 radical (unpaired) electrons. The summed E-state index contributed by atoms with van der Waals surface area (Å²) in [5, 5.41) is 6.49. The minimum Gasteiger partial charge on any atom is -0.369 e. The molecule has 156 valence electrons. The first-order chi connectivity index (χ1) is 14.6. The molecular formula is C23H25ClN4OS. The highest BCUT2D eigenvalue weighted by molar-refractivity contribution is 7.13. The van der Waals surface area contributed by atoms with Crippen LogP contribution in [0.5, 0.6) is 0 Å². The van der Waals surface area contributed by atoms with E-state index in [1.54, 1.807) is 0 Å². The van der Waals surface area contributed by atoms with Gasteiger partial charge in [-0.15, -0.1) is 11.3 Å². The third-order valence-electron chi connectivity index (χ3n) is 5.31. The Labute approximate surface area is 186 Å². The maximum Gasteiger partial charge on any atom is 0.226 e. The van der Waals surface area contributed by atoms with E-state index in [-0.39, 0.29) is 12.3 Å². The fourth-order valence-corrected chi connectivity index (χ4v) is 4.72. The molecule has 1 aliphatic heterocycles. The number of thiazole rings is 1. The van der Waals surface area contributed by atoms with Gasteiger partial charge >= 0.3 is 0 Å². The summed E-state index contributed by atoms with van der Waals surface area (Å²) in [7, 11) is 2.15. The maximum absolute atomic E-state index is 12.5. The minimum absolute atomic E-state index is 0.0285. The van der Waals surface area contributed by atoms with Crippen LogP contribution in [0.1, 0.15) is 11.3 Å². The number of para-hydroxylation sites is 1. The van der Waals surface area contributed by atoms with Gasteiger partial charge in [-0.3, -0.25) is 4.79 Å². The van der Waals surface area contributed by atoms with Gasteiger partial charge in [-0.2, -0.15) is 0 Å². The molecule has 1 aliphatic rings. The van der Waals surface area contributed by atoms with Crippen molar-refractivity contribution < 1.29 is 4.79 Å². The number of carbonyl (C=O) groups is 1. The number of nitrogens with one attached hydrogen (secondary N) is 1. The predicted molar refractivity (Wildman–Crippen MR) is 124 cm³/mol. The lowest BCUT2D eigenvalue weighted by atomic mass is 10.1. The van der Waals surface area contributed by atoms with Gasteiger partial charge in [0.25, 0.3) is 0 Å². The van der Waals surface area contributed by atoms with Crippen molar-refractivity contribution >= 4 is 34.5 Å². The van der Waals surface area contributed by atoms with E-state index in [4.69, 9.17) is 11.6 Å². The zero-order valence-electron chi connectivity index (χ0n) is 17.0. The van der Waals surface area contributed by atoms with Gasteiger partial charge in [0.05, 0.1) is 17.1 Å². The van der Waals surface area contributed by atoms with Crippen molar-refractivity contribution in [1.82, 2.24) is 15.2 Å². The topological polar surface area (TPSA) is 48.5 Å². The third kappa shape index (κ3) is 5.01. The van der Waals surface area contributed by atoms with Gasteiger partial charge < -0.3 is 15.1 Å². The molecular weight excluding hydrogens is 416 g/mol. The average molecular weight is 441 g/mol. The first-order valence-corrected chi connectivity index (χ1v) is 11.3. The molecule has 0 saturated carbocycles. The number of hydrogen-bond donors (Lipinski definition) is 1. The number of nitrogens with zero attached hydrogens (tertiary/aromatic N) is 3. The fraction of sp³-hybridized carbons (Fsp3) is 0.304. The molecule has 1 fully saturated rings. The molecule has 1 saturated heterocycles. The molecule has 1 N–H and O–H groups in total. The molecule has 2 heterocycles. The van der Waals surface area contributed by atoms with Crippen LogP contribution in [0.4, 0.5) is 5.69 Å². The quantitative estimate of drug-likeness (QED) is 0.627. The van der Waals surface area contributed by atoms with E-state index in [0.29, 0.717) is 11.6 Å². The van der Waals surface area contributed by atoms with Crippen molar-refractivity contribution in [3.63, 3.8) is 0 Å². The van der Waals surface area contributed by atoms with Crippen molar-refractivity contribution in [1.29, 1.82) is 0 Å². The first kappa shape index (κ1) is 20.8. The third-order valence-corrected chi connectivity index (χ3v) is 6.56. The second-order valence-electron chi connectivity index (χ2n) is 7.50. The van der Waals surface area contributed by atoms with Gasteiger partial charge in [0.2, 0.25) is 5.91 Å². The van der Waals surface area contributed by atoms with Crippen LogP contribution < -0.4 is 10.2 Å². The van der Waals surface area contributed by atoms with Gasteiger partial charge in [0.1, 0.15) is 5.01 Å². The lowest BCUT2D eigenvalue weighted by Gasteiger charge is -2.35. The van der Waals surface area contributed by atoms with Gasteiger partial charge in [-0.25, -0.2) is 4.98 Å². The zero-order valence-corrected chi connectivity index (χ0v) is 18.5. The van der Waals surface area contributed by atoms with Gasteiger partial charge in [0, 0.05) is 49.4 Å². The van der Waals surface area contributed by atoms with Gasteiger partial charge in [-0.1, -0.05) is 48.0 Å². The number of anilines is 1. The predicted octanol–water partition coefficient (Wildman–Crippen LogP) is 4.07. The summed E-state index contributed by atoms with van der Waals surface area (Å²) in [6, 6.07) is 15.9. The summed E-state index contributed by atoms with van der Waals surface area (Å²) in [5.74, 6) is -0.0285. The Morgan fingerprint density at radius 1 is 1.10 bits per heavy atom. The second kappa shape index (κ2) is 9.60. The van der Waals surface area contributed by atoms with Crippen molar-refractivity contribution in [2.45, 2.75) is 13.0 Å². The number of piperazine rings is 1. The Hall–Kier alpha value is -2.41. The number of likely N-dealkylation sites (N-methyl/N-ethyl adjacent to an activating group) is 1. The molecule has 2 aromatic carbocycles. The van der Waals surface area contributed by atoms with E-state index in [1.807, 2.05) is 35.7 Å². The van der Waals surface area contributed by atoms with Crippen LogP contribution >= 0.6 is 22.9 Å². The molecule has 3 aromatic rings. The number of benzene rings is 2. The largest absolute Gasteiger partial charge is 0.369 e. The summed E-state index contributed by atoms with van der Waals surface area (Å²) >= 11 is 7.77. The van der Waals surface area contributed by atoms with Crippen molar-refractivity contribution in [2.75, 3.05) is 38.1 Å². The molecule has 4 rings (SSSR count). The molecule has 30 heavy (non-hydrogen) atoms. The maximum atomic E-state index is 12.5. The fourth-order valence-electron chi connectivity index (χ4n) is 3.58. The van der Waals surface area contributed by atoms with Crippen molar-refractivity contribution in [3.05, 3.63) is 70.2 Å². The molecule has 0 aliphatic carbocycles. The van der Waals surface area contributed by atoms with E-state index in [1.165, 1.54) is 17.0 Å². The lowest BCUT2D eigenvalue weighted by molar-refractivity contribution is -0.120. The van der Waals surface area contributed by atoms with Crippen molar-refractivity contribution in [2.24, 2.45) is 0 Å². The average Bonchev–Trinajstić information content (AvgIpc) is 3.21. The lowest BCUT2D eigenvalue weighted by Crippen LogP contribution is -2.45. The van der Waals surface area contributed by atoms with Gasteiger partial charge in [0.15, 0.2) is 0 Å². The standard InChI is InChI=1S/C23H25ClN4OS/c1-27-10-12-28(13-11-27)21-9-5-2-6-17(21)15-25-22(29)14-18-16-30-23(26-18)19-7-3-4-8-20(19)24/h2-9,16H,10-15H2,1H3,(H,25,29). The van der Waals surface area contributed by atoms with Crippen LogP contribution in [0.3, 0.4) is 0 Å². The first-order valence-electron chi connectivity index (χ1n) is 10.1. The molecule has 1 amide bonds. The number of halogens is 1. The highest BCUT2D eigenvalue weighted by atomic mass is 35.5. The molecule has 0 bridgehead atoms. The molecule has 5 nitrogen and oxygen atoms in total. The normalized spacial score (nSPS) is 14.7. The van der Waals surface area contributed by atoms with Crippen LogP contribution in [0.25, 0.3) is 10.6 Å². The van der Waals surface area contributed by atoms with E-state index in [9.17, 15) is 4.79 Å². The Balaban J connectivity index is 1.37. The number of amides is 1. The Bertz CT molecular complexity index is 1010. The molecule has 1 aromatic heterocycles. The molecule has 0 spiro atoms.